The Bertz CT molecular complexity index is 386. The van der Waals surface area contributed by atoms with Gasteiger partial charge in [-0.25, -0.2) is 13.8 Å². The summed E-state index contributed by atoms with van der Waals surface area (Å²) < 4.78 is 24.1. The Balaban J connectivity index is 2.92. The molecule has 0 atom stereocenters. The molecule has 0 aromatic carbocycles. The SMILES string of the molecule is CN(CC(F)F)c1ccc(N)c(C#N)n1. The second-order valence-corrected chi connectivity index (χ2v) is 2.99. The van der Waals surface area contributed by atoms with Crippen molar-refractivity contribution in [2.45, 2.75) is 6.43 Å². The molecule has 0 bridgehead atoms. The summed E-state index contributed by atoms with van der Waals surface area (Å²) in [6, 6.07) is 4.77. The quantitative estimate of drug-likeness (QED) is 0.818. The van der Waals surface area contributed by atoms with Crippen LogP contribution in [0, 0.1) is 11.3 Å². The molecule has 0 amide bonds. The van der Waals surface area contributed by atoms with E-state index in [1.807, 2.05) is 0 Å². The Morgan fingerprint density at radius 3 is 2.80 bits per heavy atom. The fourth-order valence-corrected chi connectivity index (χ4v) is 1.06. The number of aromatic nitrogens is 1. The zero-order chi connectivity index (χ0) is 11.4. The number of nitrogens with zero attached hydrogens (tertiary/aromatic N) is 3. The highest BCUT2D eigenvalue weighted by molar-refractivity contribution is 5.55. The zero-order valence-corrected chi connectivity index (χ0v) is 8.11. The molecule has 0 aliphatic heterocycles. The predicted octanol–water partition coefficient (Wildman–Crippen LogP) is 1.24. The number of anilines is 2. The minimum atomic E-state index is -2.44. The van der Waals surface area contributed by atoms with Crippen LogP contribution in [0.15, 0.2) is 12.1 Å². The molecule has 15 heavy (non-hydrogen) atoms. The van der Waals surface area contributed by atoms with Crippen molar-refractivity contribution in [2.75, 3.05) is 24.2 Å². The van der Waals surface area contributed by atoms with Crippen molar-refractivity contribution in [2.24, 2.45) is 0 Å². The van der Waals surface area contributed by atoms with Gasteiger partial charge in [0.1, 0.15) is 11.9 Å². The lowest BCUT2D eigenvalue weighted by atomic mass is 10.3. The van der Waals surface area contributed by atoms with E-state index in [1.54, 1.807) is 6.07 Å². The van der Waals surface area contributed by atoms with Gasteiger partial charge in [0.05, 0.1) is 12.2 Å². The van der Waals surface area contributed by atoms with Gasteiger partial charge in [0.2, 0.25) is 0 Å². The minimum absolute atomic E-state index is 0.0496. The van der Waals surface area contributed by atoms with Crippen LogP contribution in [0.4, 0.5) is 20.3 Å². The molecule has 1 aromatic rings. The van der Waals surface area contributed by atoms with Gasteiger partial charge in [-0.15, -0.1) is 0 Å². The third-order valence-electron chi connectivity index (χ3n) is 1.82. The first-order valence-corrected chi connectivity index (χ1v) is 4.20. The molecule has 1 aromatic heterocycles. The lowest BCUT2D eigenvalue weighted by Gasteiger charge is -2.17. The van der Waals surface area contributed by atoms with Crippen molar-refractivity contribution in [1.29, 1.82) is 5.26 Å². The normalized spacial score (nSPS) is 10.1. The molecule has 0 aliphatic carbocycles. The van der Waals surface area contributed by atoms with Crippen LogP contribution in [0.1, 0.15) is 5.69 Å². The lowest BCUT2D eigenvalue weighted by Crippen LogP contribution is -2.25. The molecule has 0 spiro atoms. The number of nitriles is 1. The van der Waals surface area contributed by atoms with E-state index in [9.17, 15) is 8.78 Å². The van der Waals surface area contributed by atoms with Gasteiger partial charge < -0.3 is 10.6 Å². The van der Waals surface area contributed by atoms with Crippen LogP contribution in [0.5, 0.6) is 0 Å². The van der Waals surface area contributed by atoms with Crippen molar-refractivity contribution >= 4 is 11.5 Å². The van der Waals surface area contributed by atoms with E-state index in [-0.39, 0.29) is 11.4 Å². The van der Waals surface area contributed by atoms with Gasteiger partial charge in [-0.05, 0) is 12.1 Å². The topological polar surface area (TPSA) is 65.9 Å². The van der Waals surface area contributed by atoms with Crippen LogP contribution in [0.25, 0.3) is 0 Å². The maximum absolute atomic E-state index is 12.1. The fourth-order valence-electron chi connectivity index (χ4n) is 1.06. The van der Waals surface area contributed by atoms with Crippen molar-refractivity contribution in [3.8, 4) is 6.07 Å². The Morgan fingerprint density at radius 2 is 2.27 bits per heavy atom. The van der Waals surface area contributed by atoms with E-state index in [4.69, 9.17) is 11.0 Å². The number of pyridine rings is 1. The smallest absolute Gasteiger partial charge is 0.255 e. The molecule has 0 unspecified atom stereocenters. The van der Waals surface area contributed by atoms with Crippen LogP contribution in [0.3, 0.4) is 0 Å². The third-order valence-corrected chi connectivity index (χ3v) is 1.82. The molecule has 6 heteroatoms. The van der Waals surface area contributed by atoms with E-state index in [1.165, 1.54) is 24.1 Å². The zero-order valence-electron chi connectivity index (χ0n) is 8.11. The summed E-state index contributed by atoms with van der Waals surface area (Å²) in [7, 11) is 1.48. The maximum Gasteiger partial charge on any atom is 0.255 e. The number of rotatable bonds is 3. The first kappa shape index (κ1) is 11.2. The summed E-state index contributed by atoms with van der Waals surface area (Å²) >= 11 is 0. The standard InChI is InChI=1S/C9H10F2N4/c1-15(5-8(10)11)9-3-2-6(13)7(4-12)14-9/h2-3,8H,5,13H2,1H3. The first-order valence-electron chi connectivity index (χ1n) is 4.20. The molecule has 0 aliphatic rings. The van der Waals surface area contributed by atoms with Crippen LogP contribution in [-0.4, -0.2) is 25.0 Å². The second kappa shape index (κ2) is 4.55. The van der Waals surface area contributed by atoms with Gasteiger partial charge in [0, 0.05) is 7.05 Å². The van der Waals surface area contributed by atoms with E-state index in [2.05, 4.69) is 4.98 Å². The van der Waals surface area contributed by atoms with E-state index < -0.39 is 13.0 Å². The molecule has 80 valence electrons. The average Bonchev–Trinajstić information content (AvgIpc) is 2.17. The Kier molecular flexibility index (Phi) is 3.39. The van der Waals surface area contributed by atoms with Gasteiger partial charge in [-0.3, -0.25) is 0 Å². The number of halogens is 2. The number of hydrogen-bond acceptors (Lipinski definition) is 4. The van der Waals surface area contributed by atoms with Gasteiger partial charge in [0.25, 0.3) is 6.43 Å². The Hall–Kier alpha value is -1.90. The number of nitrogen functional groups attached to an aromatic ring is 1. The average molecular weight is 212 g/mol. The molecule has 0 fully saturated rings. The molecular weight excluding hydrogens is 202 g/mol. The molecule has 1 heterocycles. The van der Waals surface area contributed by atoms with Crippen LogP contribution in [-0.2, 0) is 0 Å². The van der Waals surface area contributed by atoms with Crippen LogP contribution in [0.2, 0.25) is 0 Å². The van der Waals surface area contributed by atoms with E-state index >= 15 is 0 Å². The molecule has 4 nitrogen and oxygen atoms in total. The molecule has 1 rings (SSSR count). The van der Waals surface area contributed by atoms with Crippen molar-refractivity contribution in [1.82, 2.24) is 4.98 Å². The summed E-state index contributed by atoms with van der Waals surface area (Å²) in [6.45, 7) is -0.429. The first-order chi connectivity index (χ1) is 7.04. The maximum atomic E-state index is 12.1. The highest BCUT2D eigenvalue weighted by Gasteiger charge is 2.11. The van der Waals surface area contributed by atoms with Gasteiger partial charge in [-0.1, -0.05) is 0 Å². The van der Waals surface area contributed by atoms with Gasteiger partial charge >= 0.3 is 0 Å². The van der Waals surface area contributed by atoms with Crippen LogP contribution >= 0.6 is 0 Å². The lowest BCUT2D eigenvalue weighted by molar-refractivity contribution is 0.156. The number of hydrogen-bond donors (Lipinski definition) is 1. The Morgan fingerprint density at radius 1 is 1.60 bits per heavy atom. The van der Waals surface area contributed by atoms with Crippen molar-refractivity contribution < 1.29 is 8.78 Å². The van der Waals surface area contributed by atoms with Crippen molar-refractivity contribution in [3.63, 3.8) is 0 Å². The fraction of sp³-hybridized carbons (Fsp3) is 0.333. The minimum Gasteiger partial charge on any atom is -0.396 e. The summed E-state index contributed by atoms with van der Waals surface area (Å²) in [4.78, 5) is 5.12. The highest BCUT2D eigenvalue weighted by atomic mass is 19.3. The summed E-state index contributed by atoms with van der Waals surface area (Å²) in [5.41, 5.74) is 5.74. The second-order valence-electron chi connectivity index (χ2n) is 2.99. The van der Waals surface area contributed by atoms with Crippen molar-refractivity contribution in [3.05, 3.63) is 17.8 Å². The van der Waals surface area contributed by atoms with E-state index in [0.29, 0.717) is 5.82 Å². The molecule has 0 radical (unpaired) electrons. The Labute approximate surface area is 85.9 Å². The van der Waals surface area contributed by atoms with E-state index in [0.717, 1.165) is 0 Å². The number of nitrogens with two attached hydrogens (primary N) is 1. The molecule has 2 N–H and O–H groups in total. The van der Waals surface area contributed by atoms with Crippen LogP contribution < -0.4 is 10.6 Å². The summed E-state index contributed by atoms with van der Waals surface area (Å²) in [6.07, 6.45) is -2.44. The molecule has 0 saturated heterocycles. The monoisotopic (exact) mass is 212 g/mol. The summed E-state index contributed by atoms with van der Waals surface area (Å²) in [5.74, 6) is 0.307. The highest BCUT2D eigenvalue weighted by Crippen LogP contribution is 2.15. The predicted molar refractivity (Wildman–Crippen MR) is 52.6 cm³/mol. The third kappa shape index (κ3) is 2.77. The summed E-state index contributed by atoms with van der Waals surface area (Å²) in [5, 5.41) is 8.65. The number of alkyl halides is 2. The largest absolute Gasteiger partial charge is 0.396 e. The van der Waals surface area contributed by atoms with Gasteiger partial charge in [0.15, 0.2) is 5.69 Å². The molecular formula is C9H10F2N4. The molecule has 0 saturated carbocycles. The van der Waals surface area contributed by atoms with Gasteiger partial charge in [-0.2, -0.15) is 5.26 Å².